The van der Waals surface area contributed by atoms with Gasteiger partial charge in [0.2, 0.25) is 0 Å². The first-order valence-electron chi connectivity index (χ1n) is 6.74. The maximum Gasteiger partial charge on any atom is 0.406 e. The quantitative estimate of drug-likeness (QED) is 0.325. The molecule has 0 rings (SSSR count). The van der Waals surface area contributed by atoms with Gasteiger partial charge >= 0.3 is 7.60 Å². The Labute approximate surface area is 122 Å². The standard InChI is InChI=1S/C14H25O3PS/c1-5-7-9-16-18(15,17-10-8-6-2)11-12-19-13-14(3)4/h13H,5-10H2,1-4H3. The van der Waals surface area contributed by atoms with Crippen molar-refractivity contribution in [3.8, 4) is 10.9 Å². The molecular formula is C14H25O3PS. The molecule has 0 saturated heterocycles. The van der Waals surface area contributed by atoms with Gasteiger partial charge in [0.25, 0.3) is 0 Å². The zero-order chi connectivity index (χ0) is 14.6. The predicted molar refractivity (Wildman–Crippen MR) is 84.1 cm³/mol. The Kier molecular flexibility index (Phi) is 11.5. The van der Waals surface area contributed by atoms with Crippen molar-refractivity contribution >= 4 is 19.4 Å². The van der Waals surface area contributed by atoms with E-state index < -0.39 is 7.60 Å². The van der Waals surface area contributed by atoms with Gasteiger partial charge in [-0.1, -0.05) is 32.3 Å². The summed E-state index contributed by atoms with van der Waals surface area (Å²) in [6.07, 6.45) is 3.72. The Balaban J connectivity index is 4.46. The molecule has 0 aromatic heterocycles. The van der Waals surface area contributed by atoms with Crippen molar-refractivity contribution in [2.45, 2.75) is 53.4 Å². The fraction of sp³-hybridized carbons (Fsp3) is 0.714. The van der Waals surface area contributed by atoms with E-state index >= 15 is 0 Å². The summed E-state index contributed by atoms with van der Waals surface area (Å²) in [5, 5.41) is 4.70. The first kappa shape index (κ1) is 18.8. The first-order valence-corrected chi connectivity index (χ1v) is 9.16. The number of unbranched alkanes of at least 4 members (excludes halogenated alkanes) is 2. The van der Waals surface area contributed by atoms with Crippen LogP contribution in [0.3, 0.4) is 0 Å². The van der Waals surface area contributed by atoms with Crippen molar-refractivity contribution in [2.75, 3.05) is 13.2 Å². The van der Waals surface area contributed by atoms with E-state index in [2.05, 4.69) is 24.8 Å². The zero-order valence-corrected chi connectivity index (χ0v) is 14.1. The van der Waals surface area contributed by atoms with Crippen LogP contribution in [0.4, 0.5) is 0 Å². The Morgan fingerprint density at radius 2 is 1.68 bits per heavy atom. The minimum absolute atomic E-state index is 0.432. The maximum atomic E-state index is 12.4. The number of allylic oxidation sites excluding steroid dienone is 1. The topological polar surface area (TPSA) is 35.5 Å². The average molecular weight is 304 g/mol. The Morgan fingerprint density at radius 1 is 1.16 bits per heavy atom. The minimum atomic E-state index is -3.25. The Hall–Kier alpha value is -0.200. The number of rotatable bonds is 9. The largest absolute Gasteiger partial charge is 0.406 e. The number of thioether (sulfide) groups is 1. The highest BCUT2D eigenvalue weighted by Gasteiger charge is 2.21. The van der Waals surface area contributed by atoms with Crippen LogP contribution in [-0.4, -0.2) is 13.2 Å². The highest BCUT2D eigenvalue weighted by atomic mass is 32.2. The molecule has 0 bridgehead atoms. The molecule has 0 aliphatic heterocycles. The lowest BCUT2D eigenvalue weighted by Crippen LogP contribution is -1.97. The van der Waals surface area contributed by atoms with Gasteiger partial charge in [0.15, 0.2) is 0 Å². The fourth-order valence-electron chi connectivity index (χ4n) is 0.990. The average Bonchev–Trinajstić information content (AvgIpc) is 2.35. The van der Waals surface area contributed by atoms with Crippen molar-refractivity contribution in [3.05, 3.63) is 11.0 Å². The summed E-state index contributed by atoms with van der Waals surface area (Å²) in [6, 6.07) is 0. The van der Waals surface area contributed by atoms with E-state index in [-0.39, 0.29) is 0 Å². The Morgan fingerprint density at radius 3 is 2.11 bits per heavy atom. The lowest BCUT2D eigenvalue weighted by Gasteiger charge is -2.12. The van der Waals surface area contributed by atoms with E-state index in [0.29, 0.717) is 13.2 Å². The third-order valence-corrected chi connectivity index (χ3v) is 4.45. The van der Waals surface area contributed by atoms with Crippen molar-refractivity contribution in [3.63, 3.8) is 0 Å². The minimum Gasteiger partial charge on any atom is -0.299 e. The van der Waals surface area contributed by atoms with Crippen LogP contribution >= 0.6 is 19.4 Å². The molecule has 0 amide bonds. The van der Waals surface area contributed by atoms with Crippen LogP contribution in [0.1, 0.15) is 53.4 Å². The summed E-state index contributed by atoms with van der Waals surface area (Å²) in [7, 11) is -3.25. The van der Waals surface area contributed by atoms with Gasteiger partial charge in [0.1, 0.15) is 0 Å². The smallest absolute Gasteiger partial charge is 0.299 e. The molecule has 0 atom stereocenters. The molecule has 0 fully saturated rings. The summed E-state index contributed by atoms with van der Waals surface area (Å²) in [4.78, 5) is 0. The molecular weight excluding hydrogens is 279 g/mol. The van der Waals surface area contributed by atoms with Gasteiger partial charge < -0.3 is 0 Å². The van der Waals surface area contributed by atoms with E-state index in [1.54, 1.807) is 0 Å². The van der Waals surface area contributed by atoms with E-state index in [9.17, 15) is 4.57 Å². The zero-order valence-electron chi connectivity index (χ0n) is 12.4. The summed E-state index contributed by atoms with van der Waals surface area (Å²) < 4.78 is 23.1. The van der Waals surface area contributed by atoms with E-state index in [1.807, 2.05) is 19.3 Å². The van der Waals surface area contributed by atoms with Gasteiger partial charge in [0, 0.05) is 5.66 Å². The summed E-state index contributed by atoms with van der Waals surface area (Å²) >= 11 is 1.31. The molecule has 110 valence electrons. The van der Waals surface area contributed by atoms with Crippen LogP contribution in [0.5, 0.6) is 0 Å². The Bertz CT molecular complexity index is 351. The van der Waals surface area contributed by atoms with Crippen molar-refractivity contribution in [1.29, 1.82) is 0 Å². The van der Waals surface area contributed by atoms with Gasteiger partial charge in [0.05, 0.1) is 13.2 Å². The SMILES string of the molecule is CCCCOP(=O)(C#CSC=C(C)C)OCCCC. The second kappa shape index (κ2) is 11.6. The molecule has 3 nitrogen and oxygen atoms in total. The van der Waals surface area contributed by atoms with Crippen LogP contribution in [0.25, 0.3) is 0 Å². The molecule has 0 unspecified atom stereocenters. The van der Waals surface area contributed by atoms with Crippen LogP contribution in [-0.2, 0) is 13.6 Å². The maximum absolute atomic E-state index is 12.4. The van der Waals surface area contributed by atoms with Crippen molar-refractivity contribution in [2.24, 2.45) is 0 Å². The predicted octanol–water partition coefficient (Wildman–Crippen LogP) is 5.39. The van der Waals surface area contributed by atoms with E-state index in [0.717, 1.165) is 31.3 Å². The van der Waals surface area contributed by atoms with Gasteiger partial charge in [-0.15, -0.1) is 0 Å². The van der Waals surface area contributed by atoms with E-state index in [1.165, 1.54) is 11.8 Å². The molecule has 0 spiro atoms. The molecule has 0 aliphatic carbocycles. The summed E-state index contributed by atoms with van der Waals surface area (Å²) in [5.74, 6) is 0. The molecule has 0 radical (unpaired) electrons. The number of hydrogen-bond acceptors (Lipinski definition) is 4. The molecule has 0 aromatic carbocycles. The molecule has 0 N–H and O–H groups in total. The lowest BCUT2D eigenvalue weighted by molar-refractivity contribution is 0.209. The van der Waals surface area contributed by atoms with Crippen LogP contribution < -0.4 is 0 Å². The third kappa shape index (κ3) is 11.3. The second-order valence-corrected chi connectivity index (χ2v) is 6.81. The van der Waals surface area contributed by atoms with Gasteiger partial charge in [-0.2, -0.15) is 0 Å². The molecule has 19 heavy (non-hydrogen) atoms. The molecule has 0 saturated carbocycles. The molecule has 0 aliphatic rings. The van der Waals surface area contributed by atoms with Crippen molar-refractivity contribution in [1.82, 2.24) is 0 Å². The molecule has 0 aromatic rings. The highest BCUT2D eigenvalue weighted by Crippen LogP contribution is 2.47. The molecule has 0 heterocycles. The van der Waals surface area contributed by atoms with Crippen LogP contribution in [0.15, 0.2) is 11.0 Å². The van der Waals surface area contributed by atoms with Crippen molar-refractivity contribution < 1.29 is 13.6 Å². The molecule has 5 heteroatoms. The monoisotopic (exact) mass is 304 g/mol. The lowest BCUT2D eigenvalue weighted by atomic mass is 10.4. The normalized spacial score (nSPS) is 10.7. The number of hydrogen-bond donors (Lipinski definition) is 0. The van der Waals surface area contributed by atoms with Crippen LogP contribution in [0, 0.1) is 10.9 Å². The first-order chi connectivity index (χ1) is 9.04. The van der Waals surface area contributed by atoms with Gasteiger partial charge in [-0.3, -0.25) is 9.05 Å². The third-order valence-electron chi connectivity index (χ3n) is 2.05. The highest BCUT2D eigenvalue weighted by molar-refractivity contribution is 8.06. The summed E-state index contributed by atoms with van der Waals surface area (Å²) in [5.41, 5.74) is 3.81. The van der Waals surface area contributed by atoms with E-state index in [4.69, 9.17) is 9.05 Å². The second-order valence-electron chi connectivity index (χ2n) is 4.40. The van der Waals surface area contributed by atoms with Gasteiger partial charge in [-0.05, 0) is 49.1 Å². The van der Waals surface area contributed by atoms with Crippen LogP contribution in [0.2, 0.25) is 0 Å². The summed E-state index contributed by atoms with van der Waals surface area (Å²) in [6.45, 7) is 8.96. The fourth-order valence-corrected chi connectivity index (χ4v) is 2.88. The van der Waals surface area contributed by atoms with Gasteiger partial charge in [-0.25, -0.2) is 4.57 Å².